The smallest absolute Gasteiger partial charge is 0.238 e. The minimum absolute atomic E-state index is 0.0779. The second kappa shape index (κ2) is 6.23. The van der Waals surface area contributed by atoms with Crippen LogP contribution in [0.1, 0.15) is 12.6 Å². The van der Waals surface area contributed by atoms with E-state index in [9.17, 15) is 8.42 Å². The molecule has 21 heavy (non-hydrogen) atoms. The third-order valence-electron chi connectivity index (χ3n) is 2.80. The van der Waals surface area contributed by atoms with E-state index in [1.165, 1.54) is 12.1 Å². The molecule has 0 bridgehead atoms. The lowest BCUT2D eigenvalue weighted by Crippen LogP contribution is -2.12. The summed E-state index contributed by atoms with van der Waals surface area (Å²) in [4.78, 5) is 3.85. The van der Waals surface area contributed by atoms with Crippen LogP contribution in [0.3, 0.4) is 0 Å². The van der Waals surface area contributed by atoms with E-state index >= 15 is 0 Å². The number of sulfonamides is 1. The van der Waals surface area contributed by atoms with Crippen molar-refractivity contribution < 1.29 is 13.2 Å². The number of hydrogen-bond donors (Lipinski definition) is 1. The van der Waals surface area contributed by atoms with E-state index in [0.29, 0.717) is 0 Å². The number of rotatable bonds is 5. The van der Waals surface area contributed by atoms with E-state index in [-0.39, 0.29) is 27.3 Å². The number of hydrogen-bond acceptors (Lipinski definition) is 4. The molecule has 0 saturated carbocycles. The summed E-state index contributed by atoms with van der Waals surface area (Å²) in [6, 6.07) is 2.41. The van der Waals surface area contributed by atoms with Crippen LogP contribution in [-0.4, -0.2) is 18.0 Å². The Morgan fingerprint density at radius 1 is 1.33 bits per heavy atom. The van der Waals surface area contributed by atoms with Gasteiger partial charge in [0.2, 0.25) is 10.0 Å². The van der Waals surface area contributed by atoms with E-state index in [1.54, 1.807) is 12.5 Å². The molecule has 0 saturated heterocycles. The Morgan fingerprint density at radius 3 is 2.48 bits per heavy atom. The standard InChI is InChI=1S/C12H13Cl2N3O3S/c1-2-17-7-16-5-8(17)6-20-12-10(13)3-9(4-11(12)14)21(15,18)19/h3-5,7H,2,6H2,1H3,(H2,15,18,19). The summed E-state index contributed by atoms with van der Waals surface area (Å²) in [7, 11) is -3.87. The third kappa shape index (κ3) is 3.68. The first-order valence-electron chi connectivity index (χ1n) is 5.96. The lowest BCUT2D eigenvalue weighted by molar-refractivity contribution is 0.295. The number of primary sulfonamides is 1. The van der Waals surface area contributed by atoms with E-state index < -0.39 is 10.0 Å². The topological polar surface area (TPSA) is 87.2 Å². The van der Waals surface area contributed by atoms with Gasteiger partial charge in [0.05, 0.1) is 33.2 Å². The van der Waals surface area contributed by atoms with Crippen LogP contribution in [-0.2, 0) is 23.2 Å². The fourth-order valence-electron chi connectivity index (χ4n) is 1.74. The van der Waals surface area contributed by atoms with Crippen molar-refractivity contribution in [1.82, 2.24) is 9.55 Å². The highest BCUT2D eigenvalue weighted by atomic mass is 35.5. The molecule has 2 rings (SSSR count). The van der Waals surface area contributed by atoms with Crippen LogP contribution in [0, 0.1) is 0 Å². The molecule has 1 heterocycles. The van der Waals surface area contributed by atoms with Gasteiger partial charge in [0.25, 0.3) is 0 Å². The number of ether oxygens (including phenoxy) is 1. The van der Waals surface area contributed by atoms with Crippen molar-refractivity contribution in [2.24, 2.45) is 5.14 Å². The molecule has 0 aliphatic rings. The zero-order chi connectivity index (χ0) is 15.6. The minimum Gasteiger partial charge on any atom is -0.484 e. The minimum atomic E-state index is -3.87. The molecule has 2 N–H and O–H groups in total. The maximum atomic E-state index is 11.3. The Kier molecular flexibility index (Phi) is 4.77. The predicted octanol–water partition coefficient (Wildman–Crippen LogP) is 2.44. The summed E-state index contributed by atoms with van der Waals surface area (Å²) in [6.45, 7) is 2.94. The highest BCUT2D eigenvalue weighted by Gasteiger charge is 2.16. The summed E-state index contributed by atoms with van der Waals surface area (Å²) in [5.41, 5.74) is 0.847. The molecule has 0 aliphatic heterocycles. The summed E-state index contributed by atoms with van der Waals surface area (Å²) >= 11 is 12.0. The van der Waals surface area contributed by atoms with Gasteiger partial charge in [0, 0.05) is 6.54 Å². The van der Waals surface area contributed by atoms with E-state index in [2.05, 4.69) is 4.98 Å². The maximum absolute atomic E-state index is 11.3. The van der Waals surface area contributed by atoms with E-state index in [0.717, 1.165) is 12.2 Å². The van der Waals surface area contributed by atoms with Gasteiger partial charge in [-0.2, -0.15) is 0 Å². The number of aryl methyl sites for hydroxylation is 1. The fraction of sp³-hybridized carbons (Fsp3) is 0.250. The first-order valence-corrected chi connectivity index (χ1v) is 8.26. The van der Waals surface area contributed by atoms with Crippen LogP contribution in [0.4, 0.5) is 0 Å². The van der Waals surface area contributed by atoms with Crippen molar-refractivity contribution in [3.63, 3.8) is 0 Å². The first kappa shape index (κ1) is 16.1. The molecule has 0 radical (unpaired) electrons. The fourth-order valence-corrected chi connectivity index (χ4v) is 3.03. The number of imidazole rings is 1. The Bertz CT molecular complexity index is 736. The van der Waals surface area contributed by atoms with Crippen molar-refractivity contribution >= 4 is 33.2 Å². The average Bonchev–Trinajstić information content (AvgIpc) is 2.84. The lowest BCUT2D eigenvalue weighted by atomic mass is 10.3. The van der Waals surface area contributed by atoms with Crippen LogP contribution >= 0.6 is 23.2 Å². The maximum Gasteiger partial charge on any atom is 0.238 e. The number of benzene rings is 1. The van der Waals surface area contributed by atoms with Crippen LogP contribution in [0.25, 0.3) is 0 Å². The van der Waals surface area contributed by atoms with Crippen molar-refractivity contribution in [3.8, 4) is 5.75 Å². The van der Waals surface area contributed by atoms with Crippen molar-refractivity contribution in [2.75, 3.05) is 0 Å². The van der Waals surface area contributed by atoms with Gasteiger partial charge in [-0.1, -0.05) is 23.2 Å². The summed E-state index contributed by atoms with van der Waals surface area (Å²) in [5, 5.41) is 5.19. The number of halogens is 2. The van der Waals surface area contributed by atoms with Gasteiger partial charge in [0.1, 0.15) is 6.61 Å². The van der Waals surface area contributed by atoms with E-state index in [1.807, 2.05) is 11.5 Å². The molecular weight excluding hydrogens is 337 g/mol. The van der Waals surface area contributed by atoms with Crippen molar-refractivity contribution in [1.29, 1.82) is 0 Å². The average molecular weight is 350 g/mol. The number of nitrogens with two attached hydrogens (primary N) is 1. The second-order valence-electron chi connectivity index (χ2n) is 4.22. The molecule has 0 amide bonds. The van der Waals surface area contributed by atoms with Gasteiger partial charge in [0.15, 0.2) is 5.75 Å². The van der Waals surface area contributed by atoms with Gasteiger partial charge in [-0.05, 0) is 19.1 Å². The van der Waals surface area contributed by atoms with Crippen LogP contribution in [0.2, 0.25) is 10.0 Å². The molecule has 1 aromatic carbocycles. The second-order valence-corrected chi connectivity index (χ2v) is 6.60. The van der Waals surface area contributed by atoms with Gasteiger partial charge < -0.3 is 9.30 Å². The predicted molar refractivity (Wildman–Crippen MR) is 80.1 cm³/mol. The molecular formula is C12H13Cl2N3O3S. The normalized spacial score (nSPS) is 11.6. The summed E-state index contributed by atoms with van der Waals surface area (Å²) in [5.74, 6) is 0.203. The Labute approximate surface area is 132 Å². The summed E-state index contributed by atoms with van der Waals surface area (Å²) in [6.07, 6.45) is 3.36. The van der Waals surface area contributed by atoms with Gasteiger partial charge in [-0.15, -0.1) is 0 Å². The molecule has 0 unspecified atom stereocenters. The highest BCUT2D eigenvalue weighted by molar-refractivity contribution is 7.89. The highest BCUT2D eigenvalue weighted by Crippen LogP contribution is 2.35. The van der Waals surface area contributed by atoms with Gasteiger partial charge in [-0.3, -0.25) is 0 Å². The zero-order valence-corrected chi connectivity index (χ0v) is 13.4. The van der Waals surface area contributed by atoms with Crippen molar-refractivity contribution in [3.05, 3.63) is 40.4 Å². The molecule has 2 aromatic rings. The van der Waals surface area contributed by atoms with Crippen LogP contribution in [0.5, 0.6) is 5.75 Å². The quantitative estimate of drug-likeness (QED) is 0.897. The van der Waals surface area contributed by atoms with Gasteiger partial charge in [-0.25, -0.2) is 18.5 Å². The number of nitrogens with zero attached hydrogens (tertiary/aromatic N) is 2. The Balaban J connectivity index is 2.25. The Morgan fingerprint density at radius 2 is 1.95 bits per heavy atom. The lowest BCUT2D eigenvalue weighted by Gasteiger charge is -2.12. The zero-order valence-electron chi connectivity index (χ0n) is 11.1. The monoisotopic (exact) mass is 349 g/mol. The Hall–Kier alpha value is -1.28. The largest absolute Gasteiger partial charge is 0.484 e. The molecule has 1 aromatic heterocycles. The third-order valence-corrected chi connectivity index (χ3v) is 4.26. The molecule has 0 atom stereocenters. The molecule has 9 heteroatoms. The molecule has 0 spiro atoms. The van der Waals surface area contributed by atoms with Gasteiger partial charge >= 0.3 is 0 Å². The molecule has 114 valence electrons. The molecule has 0 aliphatic carbocycles. The summed E-state index contributed by atoms with van der Waals surface area (Å²) < 4.78 is 30.0. The van der Waals surface area contributed by atoms with Crippen molar-refractivity contribution in [2.45, 2.75) is 25.0 Å². The van der Waals surface area contributed by atoms with E-state index in [4.69, 9.17) is 33.1 Å². The number of aromatic nitrogens is 2. The SMILES string of the molecule is CCn1cncc1COc1c(Cl)cc(S(N)(=O)=O)cc1Cl. The van der Waals surface area contributed by atoms with Crippen LogP contribution in [0.15, 0.2) is 29.6 Å². The first-order chi connectivity index (χ1) is 9.82. The van der Waals surface area contributed by atoms with Crippen LogP contribution < -0.4 is 9.88 Å². The molecule has 6 nitrogen and oxygen atoms in total. The molecule has 0 fully saturated rings.